The van der Waals surface area contributed by atoms with Gasteiger partial charge in [0.2, 0.25) is 5.78 Å². The SMILES string of the molecule is CN(C)C.CNC1=C(Nc2ccc(C#CC3NC(=O)NC3=O)cc2)C(O)C1=O.COc1ccc2c(c1)C(=O)N(N)C2. The molecule has 2 aromatic rings. The van der Waals surface area contributed by atoms with Gasteiger partial charge >= 0.3 is 6.03 Å². The molecular formula is C28H33N7O6. The number of methoxy groups -OCH3 is 1. The highest BCUT2D eigenvalue weighted by Crippen LogP contribution is 2.25. The van der Waals surface area contributed by atoms with Gasteiger partial charge in [0, 0.05) is 23.9 Å². The molecule has 2 atom stereocenters. The molecule has 4 amide bonds. The lowest BCUT2D eigenvalue weighted by molar-refractivity contribution is -0.124. The summed E-state index contributed by atoms with van der Waals surface area (Å²) in [5.74, 6) is 10.7. The van der Waals surface area contributed by atoms with Crippen LogP contribution in [0.3, 0.4) is 0 Å². The Bertz CT molecular complexity index is 1420. The Labute approximate surface area is 237 Å². The van der Waals surface area contributed by atoms with Crippen molar-refractivity contribution in [1.82, 2.24) is 25.9 Å². The summed E-state index contributed by atoms with van der Waals surface area (Å²) in [5.41, 5.74) is 3.71. The summed E-state index contributed by atoms with van der Waals surface area (Å²) in [6, 6.07) is 10.9. The first-order chi connectivity index (χ1) is 19.4. The van der Waals surface area contributed by atoms with Crippen molar-refractivity contribution in [3.63, 3.8) is 0 Å². The van der Waals surface area contributed by atoms with E-state index in [-0.39, 0.29) is 11.7 Å². The number of carbonyl (C=O) groups is 4. The maximum Gasteiger partial charge on any atom is 0.322 e. The molecule has 13 nitrogen and oxygen atoms in total. The highest BCUT2D eigenvalue weighted by atomic mass is 16.5. The minimum atomic E-state index is -1.14. The molecule has 0 saturated carbocycles. The van der Waals surface area contributed by atoms with Crippen LogP contribution in [0.1, 0.15) is 21.5 Å². The largest absolute Gasteiger partial charge is 0.497 e. The van der Waals surface area contributed by atoms with Crippen LogP contribution in [0, 0.1) is 11.8 Å². The molecule has 2 aromatic carbocycles. The van der Waals surface area contributed by atoms with Gasteiger partial charge in [-0.3, -0.25) is 24.7 Å². The first-order valence-corrected chi connectivity index (χ1v) is 12.4. The lowest BCUT2D eigenvalue weighted by Crippen LogP contribution is -2.44. The van der Waals surface area contributed by atoms with Crippen molar-refractivity contribution < 1.29 is 29.0 Å². The number of aliphatic hydroxyl groups is 1. The van der Waals surface area contributed by atoms with Crippen LogP contribution in [0.5, 0.6) is 5.75 Å². The molecule has 1 fully saturated rings. The first kappa shape index (κ1) is 30.6. The Morgan fingerprint density at radius 2 is 1.76 bits per heavy atom. The molecule has 1 aliphatic carbocycles. The van der Waals surface area contributed by atoms with Crippen molar-refractivity contribution in [2.45, 2.75) is 18.7 Å². The van der Waals surface area contributed by atoms with Crippen molar-refractivity contribution in [3.8, 4) is 17.6 Å². The average molecular weight is 564 g/mol. The average Bonchev–Trinajstić information content (AvgIpc) is 3.42. The van der Waals surface area contributed by atoms with Gasteiger partial charge in [-0.2, -0.15) is 0 Å². The van der Waals surface area contributed by atoms with E-state index in [0.717, 1.165) is 5.56 Å². The summed E-state index contributed by atoms with van der Waals surface area (Å²) >= 11 is 0. The van der Waals surface area contributed by atoms with Gasteiger partial charge in [-0.1, -0.05) is 17.9 Å². The molecule has 0 spiro atoms. The molecule has 2 unspecified atom stereocenters. The third-order valence-electron chi connectivity index (χ3n) is 5.74. The number of nitrogens with one attached hydrogen (secondary N) is 4. The molecule has 41 heavy (non-hydrogen) atoms. The third kappa shape index (κ3) is 7.61. The number of ketones is 1. The smallest absolute Gasteiger partial charge is 0.322 e. The van der Waals surface area contributed by atoms with E-state index in [9.17, 15) is 24.3 Å². The van der Waals surface area contributed by atoms with Gasteiger partial charge in [0.15, 0.2) is 12.1 Å². The van der Waals surface area contributed by atoms with E-state index in [2.05, 4.69) is 33.1 Å². The number of nitrogens with zero attached hydrogens (tertiary/aromatic N) is 2. The number of urea groups is 1. The summed E-state index contributed by atoms with van der Waals surface area (Å²) in [5, 5.41) is 21.0. The molecule has 2 heterocycles. The second-order valence-corrected chi connectivity index (χ2v) is 9.47. The van der Waals surface area contributed by atoms with Crippen molar-refractivity contribution in [3.05, 3.63) is 70.5 Å². The van der Waals surface area contributed by atoms with Crippen LogP contribution in [-0.2, 0) is 16.1 Å². The number of aliphatic hydroxyl groups excluding tert-OH is 1. The van der Waals surface area contributed by atoms with E-state index in [1.165, 1.54) is 5.01 Å². The van der Waals surface area contributed by atoms with E-state index in [4.69, 9.17) is 10.6 Å². The quantitative estimate of drug-likeness (QED) is 0.126. The van der Waals surface area contributed by atoms with Crippen molar-refractivity contribution >= 4 is 29.3 Å². The second-order valence-electron chi connectivity index (χ2n) is 9.47. The molecule has 2 aliphatic heterocycles. The van der Waals surface area contributed by atoms with Gasteiger partial charge in [0.25, 0.3) is 11.8 Å². The fourth-order valence-corrected chi connectivity index (χ4v) is 3.74. The van der Waals surface area contributed by atoms with Gasteiger partial charge in [0.05, 0.1) is 19.4 Å². The summed E-state index contributed by atoms with van der Waals surface area (Å²) in [6.07, 6.45) is -1.14. The maximum absolute atomic E-state index is 11.4. The number of rotatable bonds is 4. The van der Waals surface area contributed by atoms with E-state index < -0.39 is 24.1 Å². The monoisotopic (exact) mass is 563 g/mol. The highest BCUT2D eigenvalue weighted by molar-refractivity contribution is 6.09. The molecule has 5 rings (SSSR count). The number of benzene rings is 2. The van der Waals surface area contributed by atoms with Gasteiger partial charge in [-0.15, -0.1) is 0 Å². The maximum atomic E-state index is 11.4. The number of hydrazine groups is 1. The molecule has 1 saturated heterocycles. The topological polar surface area (TPSA) is 178 Å². The number of Topliss-reactive ketones (excluding diaryl/α,β-unsaturated/α-hetero) is 1. The summed E-state index contributed by atoms with van der Waals surface area (Å²) in [6.45, 7) is 0.484. The third-order valence-corrected chi connectivity index (χ3v) is 5.74. The van der Waals surface area contributed by atoms with Gasteiger partial charge in [-0.25, -0.2) is 10.6 Å². The molecular weight excluding hydrogens is 530 g/mol. The minimum absolute atomic E-state index is 0.145. The Morgan fingerprint density at radius 3 is 2.32 bits per heavy atom. The van der Waals surface area contributed by atoms with Crippen LogP contribution in [0.15, 0.2) is 53.9 Å². The Balaban J connectivity index is 0.000000227. The fourth-order valence-electron chi connectivity index (χ4n) is 3.74. The van der Waals surface area contributed by atoms with E-state index >= 15 is 0 Å². The van der Waals surface area contributed by atoms with Crippen LogP contribution >= 0.6 is 0 Å². The zero-order valence-electron chi connectivity index (χ0n) is 23.4. The molecule has 216 valence electrons. The normalized spacial score (nSPS) is 18.5. The molecule has 0 bridgehead atoms. The Kier molecular flexibility index (Phi) is 10.0. The highest BCUT2D eigenvalue weighted by Gasteiger charge is 2.37. The van der Waals surface area contributed by atoms with Gasteiger partial charge in [-0.05, 0) is 63.1 Å². The zero-order valence-corrected chi connectivity index (χ0v) is 23.4. The Hall–Kier alpha value is -4.90. The van der Waals surface area contributed by atoms with Crippen molar-refractivity contribution in [2.75, 3.05) is 40.6 Å². The predicted octanol–water partition coefficient (Wildman–Crippen LogP) is -0.265. The van der Waals surface area contributed by atoms with Crippen molar-refractivity contribution in [1.29, 1.82) is 0 Å². The standard InChI is InChI=1S/C16H14N4O4.C9H10N2O2.C3H9N/c1-17-11-12(14(22)13(11)21)18-9-5-2-8(3-6-9)4-7-10-15(23)20-16(24)19-10;1-13-7-3-2-6-5-11(10)9(12)8(6)4-7;1-4(2)3/h2-3,5-6,10,14,17-18,22H,1H3,(H2,19,20,23,24);2-4H,5,10H2,1H3;1-3H3. The molecule has 7 N–H and O–H groups in total. The Morgan fingerprint density at radius 1 is 1.10 bits per heavy atom. The number of ether oxygens (including phenoxy) is 1. The lowest BCUT2D eigenvalue weighted by atomic mass is 9.95. The van der Waals surface area contributed by atoms with Crippen LogP contribution in [0.2, 0.25) is 0 Å². The molecule has 0 aromatic heterocycles. The van der Waals surface area contributed by atoms with Gasteiger partial charge < -0.3 is 30.7 Å². The number of anilines is 1. The van der Waals surface area contributed by atoms with Crippen LogP contribution < -0.4 is 31.8 Å². The molecule has 3 aliphatic rings. The first-order valence-electron chi connectivity index (χ1n) is 12.4. The van der Waals surface area contributed by atoms with E-state index in [0.29, 0.717) is 40.5 Å². The number of likely N-dealkylation sites (N-methyl/N-ethyl adjacent to an activating group) is 1. The second kappa shape index (κ2) is 13.4. The van der Waals surface area contributed by atoms with E-state index in [1.807, 2.05) is 38.2 Å². The number of imide groups is 1. The summed E-state index contributed by atoms with van der Waals surface area (Å²) in [7, 11) is 9.18. The van der Waals surface area contributed by atoms with Crippen LogP contribution in [-0.4, -0.2) is 86.1 Å². The fraction of sp³-hybridized carbons (Fsp3) is 0.286. The summed E-state index contributed by atoms with van der Waals surface area (Å²) in [4.78, 5) is 47.2. The number of carbonyl (C=O) groups excluding carboxylic acids is 4. The molecule has 13 heteroatoms. The summed E-state index contributed by atoms with van der Waals surface area (Å²) < 4.78 is 5.01. The van der Waals surface area contributed by atoms with Crippen LogP contribution in [0.4, 0.5) is 10.5 Å². The zero-order chi connectivity index (χ0) is 30.3. The minimum Gasteiger partial charge on any atom is -0.497 e. The van der Waals surface area contributed by atoms with Crippen LogP contribution in [0.25, 0.3) is 0 Å². The number of amides is 4. The number of hydrogen-bond donors (Lipinski definition) is 6. The van der Waals surface area contributed by atoms with Crippen molar-refractivity contribution in [2.24, 2.45) is 5.84 Å². The number of hydrogen-bond acceptors (Lipinski definition) is 10. The number of fused-ring (bicyclic) bond motifs is 1. The lowest BCUT2D eigenvalue weighted by Gasteiger charge is -2.28. The predicted molar refractivity (Wildman–Crippen MR) is 151 cm³/mol. The van der Waals surface area contributed by atoms with E-state index in [1.54, 1.807) is 44.5 Å². The number of nitrogens with two attached hydrogens (primary N) is 1. The van der Waals surface area contributed by atoms with Gasteiger partial charge in [0.1, 0.15) is 11.4 Å². The molecule has 0 radical (unpaired) electrons.